The molecule has 2 aliphatic rings. The second-order valence-corrected chi connectivity index (χ2v) is 11.1. The molecule has 0 aliphatic heterocycles. The standard InChI is InChI=1S/C32H49F/c1-3-5-7-8-10-11-26-15-20-29(21-16-26)30-22-17-27(18-23-30)13-14-28-19-24-31(32(33)25-28)12-9-6-4-2/h19,24-27,29-30H,3-12,15-18,20-23H2,1-2H3. The van der Waals surface area contributed by atoms with Gasteiger partial charge in [0.2, 0.25) is 0 Å². The predicted molar refractivity (Wildman–Crippen MR) is 141 cm³/mol. The van der Waals surface area contributed by atoms with Crippen LogP contribution in [0.15, 0.2) is 18.2 Å². The average Bonchev–Trinajstić information content (AvgIpc) is 2.85. The minimum absolute atomic E-state index is 0.0711. The van der Waals surface area contributed by atoms with Gasteiger partial charge >= 0.3 is 0 Å². The molecule has 0 bridgehead atoms. The summed E-state index contributed by atoms with van der Waals surface area (Å²) in [4.78, 5) is 0. The third-order valence-corrected chi connectivity index (χ3v) is 8.57. The number of benzene rings is 1. The fraction of sp³-hybridized carbons (Fsp3) is 0.750. The quantitative estimate of drug-likeness (QED) is 0.231. The van der Waals surface area contributed by atoms with E-state index in [2.05, 4.69) is 25.7 Å². The summed E-state index contributed by atoms with van der Waals surface area (Å²) < 4.78 is 14.4. The molecule has 1 aromatic carbocycles. The molecular weight excluding hydrogens is 403 g/mol. The molecule has 0 radical (unpaired) electrons. The summed E-state index contributed by atoms with van der Waals surface area (Å²) in [5.74, 6) is 10.1. The number of halogens is 1. The van der Waals surface area contributed by atoms with Crippen molar-refractivity contribution in [2.45, 2.75) is 129 Å². The molecule has 0 amide bonds. The van der Waals surface area contributed by atoms with E-state index in [-0.39, 0.29) is 5.82 Å². The van der Waals surface area contributed by atoms with Gasteiger partial charge in [0.1, 0.15) is 5.82 Å². The monoisotopic (exact) mass is 452 g/mol. The molecule has 3 rings (SSSR count). The van der Waals surface area contributed by atoms with Gasteiger partial charge in [-0.3, -0.25) is 0 Å². The summed E-state index contributed by atoms with van der Waals surface area (Å²) in [6, 6.07) is 5.63. The van der Waals surface area contributed by atoms with Gasteiger partial charge in [0, 0.05) is 11.5 Å². The molecule has 0 unspecified atom stereocenters. The van der Waals surface area contributed by atoms with E-state index in [4.69, 9.17) is 0 Å². The zero-order valence-electron chi connectivity index (χ0n) is 21.6. The van der Waals surface area contributed by atoms with Crippen LogP contribution < -0.4 is 0 Å². The van der Waals surface area contributed by atoms with E-state index in [0.29, 0.717) is 5.92 Å². The van der Waals surface area contributed by atoms with Crippen LogP contribution in [0.25, 0.3) is 0 Å². The number of rotatable bonds is 11. The lowest BCUT2D eigenvalue weighted by atomic mass is 9.69. The van der Waals surface area contributed by atoms with E-state index in [1.54, 1.807) is 6.07 Å². The van der Waals surface area contributed by atoms with Crippen molar-refractivity contribution in [1.82, 2.24) is 0 Å². The van der Waals surface area contributed by atoms with Crippen molar-refractivity contribution in [2.24, 2.45) is 23.7 Å². The molecule has 33 heavy (non-hydrogen) atoms. The summed E-state index contributed by atoms with van der Waals surface area (Å²) in [7, 11) is 0. The fourth-order valence-corrected chi connectivity index (χ4v) is 6.30. The van der Waals surface area contributed by atoms with Gasteiger partial charge in [-0.2, -0.15) is 0 Å². The SMILES string of the molecule is CCCCCCCC1CCC(C2CCC(C#Cc3ccc(CCCCC)c(F)c3)CC2)CC1. The van der Waals surface area contributed by atoms with Gasteiger partial charge in [-0.1, -0.05) is 96.0 Å². The maximum Gasteiger partial charge on any atom is 0.127 e. The van der Waals surface area contributed by atoms with Crippen molar-refractivity contribution in [3.63, 3.8) is 0 Å². The second kappa shape index (κ2) is 14.9. The molecule has 2 fully saturated rings. The number of hydrogen-bond donors (Lipinski definition) is 0. The van der Waals surface area contributed by atoms with Gasteiger partial charge in [-0.15, -0.1) is 0 Å². The second-order valence-electron chi connectivity index (χ2n) is 11.1. The Balaban J connectivity index is 1.35. The molecule has 0 nitrogen and oxygen atoms in total. The lowest BCUT2D eigenvalue weighted by Gasteiger charge is -2.37. The van der Waals surface area contributed by atoms with Crippen molar-refractivity contribution >= 4 is 0 Å². The van der Waals surface area contributed by atoms with E-state index < -0.39 is 0 Å². The highest BCUT2D eigenvalue weighted by atomic mass is 19.1. The van der Waals surface area contributed by atoms with Gasteiger partial charge in [-0.05, 0) is 86.8 Å². The zero-order valence-corrected chi connectivity index (χ0v) is 21.6. The Hall–Kier alpha value is -1.29. The maximum atomic E-state index is 14.4. The lowest BCUT2D eigenvalue weighted by molar-refractivity contribution is 0.153. The van der Waals surface area contributed by atoms with E-state index in [9.17, 15) is 4.39 Å². The van der Waals surface area contributed by atoms with Gasteiger partial charge < -0.3 is 0 Å². The van der Waals surface area contributed by atoms with Gasteiger partial charge in [-0.25, -0.2) is 4.39 Å². The van der Waals surface area contributed by atoms with Crippen LogP contribution in [0.2, 0.25) is 0 Å². The maximum absolute atomic E-state index is 14.4. The summed E-state index contributed by atoms with van der Waals surface area (Å²) in [5.41, 5.74) is 1.70. The van der Waals surface area contributed by atoms with E-state index >= 15 is 0 Å². The third kappa shape index (κ3) is 9.11. The Bertz CT molecular complexity index is 723. The molecule has 0 N–H and O–H groups in total. The molecule has 1 heteroatoms. The first-order valence-corrected chi connectivity index (χ1v) is 14.5. The Morgan fingerprint density at radius 3 is 2.06 bits per heavy atom. The molecule has 2 aliphatic carbocycles. The number of hydrogen-bond acceptors (Lipinski definition) is 0. The minimum atomic E-state index is -0.0711. The predicted octanol–water partition coefficient (Wildman–Crippen LogP) is 9.88. The van der Waals surface area contributed by atoms with Crippen LogP contribution in [-0.4, -0.2) is 0 Å². The number of unbranched alkanes of at least 4 members (excludes halogenated alkanes) is 6. The Morgan fingerprint density at radius 2 is 1.39 bits per heavy atom. The largest absolute Gasteiger partial charge is 0.207 e. The summed E-state index contributed by atoms with van der Waals surface area (Å²) in [6.07, 6.45) is 24.0. The smallest absolute Gasteiger partial charge is 0.127 e. The van der Waals surface area contributed by atoms with Crippen molar-refractivity contribution in [3.8, 4) is 11.8 Å². The van der Waals surface area contributed by atoms with Crippen LogP contribution in [0.1, 0.15) is 134 Å². The molecule has 0 saturated heterocycles. The van der Waals surface area contributed by atoms with Crippen LogP contribution in [0, 0.1) is 41.3 Å². The van der Waals surface area contributed by atoms with E-state index in [1.807, 2.05) is 12.1 Å². The molecule has 0 spiro atoms. The molecule has 1 aromatic rings. The lowest BCUT2D eigenvalue weighted by Crippen LogP contribution is -2.25. The fourth-order valence-electron chi connectivity index (χ4n) is 6.30. The average molecular weight is 453 g/mol. The molecule has 184 valence electrons. The van der Waals surface area contributed by atoms with Gasteiger partial charge in [0.25, 0.3) is 0 Å². The molecular formula is C32H49F. The van der Waals surface area contributed by atoms with Gasteiger partial charge in [0.05, 0.1) is 0 Å². The van der Waals surface area contributed by atoms with E-state index in [0.717, 1.165) is 41.7 Å². The van der Waals surface area contributed by atoms with Crippen molar-refractivity contribution in [1.29, 1.82) is 0 Å². The normalized spacial score (nSPS) is 25.4. The summed E-state index contributed by atoms with van der Waals surface area (Å²) in [6.45, 7) is 4.49. The van der Waals surface area contributed by atoms with E-state index in [1.165, 1.54) is 103 Å². The Kier molecular flexibility index (Phi) is 11.9. The van der Waals surface area contributed by atoms with Crippen molar-refractivity contribution < 1.29 is 4.39 Å². The first-order valence-electron chi connectivity index (χ1n) is 14.5. The summed E-state index contributed by atoms with van der Waals surface area (Å²) in [5, 5.41) is 0. The molecule has 0 aromatic heterocycles. The van der Waals surface area contributed by atoms with Crippen LogP contribution in [0.3, 0.4) is 0 Å². The third-order valence-electron chi connectivity index (χ3n) is 8.57. The zero-order chi connectivity index (χ0) is 23.3. The highest BCUT2D eigenvalue weighted by Gasteiger charge is 2.30. The molecule has 2 saturated carbocycles. The Labute approximate surface area is 204 Å². The topological polar surface area (TPSA) is 0 Å². The first kappa shape index (κ1) is 26.3. The van der Waals surface area contributed by atoms with Crippen LogP contribution >= 0.6 is 0 Å². The summed E-state index contributed by atoms with van der Waals surface area (Å²) >= 11 is 0. The van der Waals surface area contributed by atoms with Gasteiger partial charge in [0.15, 0.2) is 0 Å². The van der Waals surface area contributed by atoms with Crippen LogP contribution in [0.5, 0.6) is 0 Å². The highest BCUT2D eigenvalue weighted by Crippen LogP contribution is 2.42. The van der Waals surface area contributed by atoms with Crippen LogP contribution in [-0.2, 0) is 6.42 Å². The molecule has 0 heterocycles. The minimum Gasteiger partial charge on any atom is -0.207 e. The van der Waals surface area contributed by atoms with Crippen molar-refractivity contribution in [2.75, 3.05) is 0 Å². The molecule has 0 atom stereocenters. The van der Waals surface area contributed by atoms with Crippen LogP contribution in [0.4, 0.5) is 4.39 Å². The Morgan fingerprint density at radius 1 is 0.758 bits per heavy atom. The van der Waals surface area contributed by atoms with Crippen molar-refractivity contribution in [3.05, 3.63) is 35.1 Å². The highest BCUT2D eigenvalue weighted by molar-refractivity contribution is 5.37. The number of aryl methyl sites for hydroxylation is 1. The first-order chi connectivity index (χ1) is 16.2.